The molecule has 0 saturated carbocycles. The third kappa shape index (κ3) is 4.27. The van der Waals surface area contributed by atoms with Gasteiger partial charge in [0.15, 0.2) is 6.29 Å². The van der Waals surface area contributed by atoms with E-state index >= 15 is 0 Å². The molecular weight excluding hydrogens is 393 g/mol. The van der Waals surface area contributed by atoms with E-state index in [2.05, 4.69) is 11.6 Å². The summed E-state index contributed by atoms with van der Waals surface area (Å²) >= 11 is 0. The minimum Gasteiger partial charge on any atom is -0.547 e. The summed E-state index contributed by atoms with van der Waals surface area (Å²) in [5.74, 6) is -1.73. The zero-order chi connectivity index (χ0) is 19.9. The van der Waals surface area contributed by atoms with Crippen LogP contribution in [0.4, 0.5) is 0 Å². The Kier molecular flexibility index (Phi) is 7.98. The molecule has 13 heteroatoms. The molecular formula is C15H20NNaO11. The predicted octanol–water partition coefficient (Wildman–Crippen LogP) is -8.01. The average molecular weight is 413 g/mol. The molecule has 0 amide bonds. The van der Waals surface area contributed by atoms with Crippen molar-refractivity contribution in [1.29, 1.82) is 0 Å². The maximum Gasteiger partial charge on any atom is 1.00 e. The van der Waals surface area contributed by atoms with Gasteiger partial charge in [0.05, 0.1) is 12.6 Å². The Hall–Kier alpha value is -0.640. The first-order valence-electron chi connectivity index (χ1n) is 8.15. The van der Waals surface area contributed by atoms with Gasteiger partial charge >= 0.3 is 29.6 Å². The number of hydrogen-bond acceptors (Lipinski definition) is 12. The molecule has 0 spiro atoms. The van der Waals surface area contributed by atoms with Crippen LogP contribution in [0.3, 0.4) is 0 Å². The number of aliphatic hydroxyl groups is 5. The summed E-state index contributed by atoms with van der Waals surface area (Å²) in [5.41, 5.74) is 0. The summed E-state index contributed by atoms with van der Waals surface area (Å²) in [6.45, 7) is 2.91. The molecule has 3 aliphatic heterocycles. The molecule has 2 fully saturated rings. The quantitative estimate of drug-likeness (QED) is 0.269. The normalized spacial score (nSPS) is 45.2. The Bertz CT molecular complexity index is 619. The fraction of sp³-hybridized carbons (Fsp3) is 0.733. The second-order valence-electron chi connectivity index (χ2n) is 6.31. The maximum absolute atomic E-state index is 11.1. The maximum atomic E-state index is 11.1. The molecule has 2 saturated heterocycles. The molecule has 12 nitrogen and oxygen atoms in total. The Morgan fingerprint density at radius 1 is 1.18 bits per heavy atom. The number of nitrogens with zero attached hydrogens (tertiary/aromatic N) is 1. The zero-order valence-corrected chi connectivity index (χ0v) is 16.9. The summed E-state index contributed by atoms with van der Waals surface area (Å²) in [6, 6.07) is -0.947. The number of rotatable bonds is 5. The van der Waals surface area contributed by atoms with Crippen molar-refractivity contribution in [1.82, 2.24) is 0 Å². The van der Waals surface area contributed by atoms with Crippen molar-refractivity contribution in [2.75, 3.05) is 6.61 Å². The van der Waals surface area contributed by atoms with Gasteiger partial charge in [0.25, 0.3) is 0 Å². The van der Waals surface area contributed by atoms with E-state index < -0.39 is 73.9 Å². The first-order valence-corrected chi connectivity index (χ1v) is 8.15. The van der Waals surface area contributed by atoms with Crippen LogP contribution < -0.4 is 34.7 Å². The first-order chi connectivity index (χ1) is 12.8. The Morgan fingerprint density at radius 2 is 1.86 bits per heavy atom. The van der Waals surface area contributed by atoms with Crippen LogP contribution in [0.2, 0.25) is 0 Å². The molecule has 0 aromatic rings. The van der Waals surface area contributed by atoms with Gasteiger partial charge in [-0.05, 0) is 6.08 Å². The van der Waals surface area contributed by atoms with E-state index in [1.54, 1.807) is 0 Å². The van der Waals surface area contributed by atoms with Crippen LogP contribution in [0, 0.1) is 0 Å². The number of fused-ring (bicyclic) bond motifs is 1. The monoisotopic (exact) mass is 413 g/mol. The second-order valence-corrected chi connectivity index (χ2v) is 6.31. The molecule has 152 valence electrons. The molecule has 0 aromatic carbocycles. The van der Waals surface area contributed by atoms with Crippen molar-refractivity contribution in [3.8, 4) is 0 Å². The van der Waals surface area contributed by atoms with Crippen molar-refractivity contribution in [2.45, 2.75) is 61.3 Å². The smallest absolute Gasteiger partial charge is 0.547 e. The van der Waals surface area contributed by atoms with E-state index in [1.165, 1.54) is 6.08 Å². The van der Waals surface area contributed by atoms with Gasteiger partial charge < -0.3 is 54.4 Å². The Balaban J connectivity index is 0.00000280. The molecule has 3 heterocycles. The van der Waals surface area contributed by atoms with Crippen molar-refractivity contribution < 1.29 is 83.9 Å². The molecule has 0 aromatic heterocycles. The van der Waals surface area contributed by atoms with Crippen molar-refractivity contribution in [2.24, 2.45) is 4.99 Å². The van der Waals surface area contributed by atoms with E-state index in [-0.39, 0.29) is 35.5 Å². The molecule has 0 radical (unpaired) electrons. The zero-order valence-electron chi connectivity index (χ0n) is 14.9. The van der Waals surface area contributed by atoms with E-state index in [9.17, 15) is 35.4 Å². The topological polar surface area (TPSA) is 191 Å². The summed E-state index contributed by atoms with van der Waals surface area (Å²) in [7, 11) is 0. The number of carboxylic acid groups (broad SMARTS) is 1. The van der Waals surface area contributed by atoms with E-state index in [4.69, 9.17) is 18.9 Å². The second kappa shape index (κ2) is 9.45. The van der Waals surface area contributed by atoms with Gasteiger partial charge in [0.2, 0.25) is 12.2 Å². The molecule has 5 N–H and O–H groups in total. The number of aliphatic imine (C=N–C) groups is 1. The molecule has 0 aliphatic carbocycles. The van der Waals surface area contributed by atoms with Crippen LogP contribution in [0.25, 0.3) is 0 Å². The van der Waals surface area contributed by atoms with Gasteiger partial charge in [-0.25, -0.2) is 4.99 Å². The minimum absolute atomic E-state index is 0. The van der Waals surface area contributed by atoms with Crippen LogP contribution in [0.15, 0.2) is 17.6 Å². The molecule has 3 aliphatic rings. The molecule has 10 atom stereocenters. The summed E-state index contributed by atoms with van der Waals surface area (Å²) in [5, 5.41) is 60.5. The van der Waals surface area contributed by atoms with Crippen LogP contribution in [0.5, 0.6) is 0 Å². The van der Waals surface area contributed by atoms with Crippen molar-refractivity contribution in [3.63, 3.8) is 0 Å². The van der Waals surface area contributed by atoms with Crippen LogP contribution in [-0.2, 0) is 23.7 Å². The summed E-state index contributed by atoms with van der Waals surface area (Å²) in [4.78, 5) is 15.2. The van der Waals surface area contributed by atoms with Gasteiger partial charge in [-0.3, -0.25) is 0 Å². The third-order valence-electron chi connectivity index (χ3n) is 4.60. The van der Waals surface area contributed by atoms with Gasteiger partial charge in [0.1, 0.15) is 48.8 Å². The van der Waals surface area contributed by atoms with Gasteiger partial charge in [-0.2, -0.15) is 0 Å². The predicted molar refractivity (Wildman–Crippen MR) is 80.8 cm³/mol. The Morgan fingerprint density at radius 3 is 2.43 bits per heavy atom. The fourth-order valence-electron chi connectivity index (χ4n) is 3.15. The van der Waals surface area contributed by atoms with Crippen molar-refractivity contribution >= 4 is 11.9 Å². The van der Waals surface area contributed by atoms with Crippen molar-refractivity contribution in [3.05, 3.63) is 12.7 Å². The molecule has 3 rings (SSSR count). The van der Waals surface area contributed by atoms with Crippen LogP contribution in [0.1, 0.15) is 0 Å². The largest absolute Gasteiger partial charge is 1.00 e. The van der Waals surface area contributed by atoms with Gasteiger partial charge in [-0.15, -0.1) is 0 Å². The van der Waals surface area contributed by atoms with E-state index in [0.29, 0.717) is 0 Å². The Labute approximate surface area is 181 Å². The van der Waals surface area contributed by atoms with Crippen LogP contribution >= 0.6 is 0 Å². The number of ether oxygens (including phenoxy) is 4. The van der Waals surface area contributed by atoms with Gasteiger partial charge in [0, 0.05) is 0 Å². The minimum atomic E-state index is -1.97. The number of aliphatic hydroxyl groups excluding tert-OH is 5. The average Bonchev–Trinajstić information content (AvgIpc) is 3.06. The number of carbonyl (C=O) groups excluding carboxylic acids is 1. The molecule has 0 bridgehead atoms. The first kappa shape index (κ1) is 23.6. The number of carbonyl (C=O) groups is 1. The number of aliphatic carboxylic acids is 1. The van der Waals surface area contributed by atoms with E-state index in [1.807, 2.05) is 0 Å². The number of hydrogen-bond donors (Lipinski definition) is 5. The standard InChI is InChI=1S/C15H21NO11.Na/c1-2-5-16-6-11(7(18)4(3-17)24-14(6)25-5)26-15-10(21)8(19)9(20)12(27-15)13(22)23;/h2,4,6-12,14-15,17-21H,1,3H2,(H,22,23);/q;+1/p-1/t4-,6-,7+,8+,9+,10-,11-,12+,14-,15-;/m1./s1. The van der Waals surface area contributed by atoms with Crippen LogP contribution in [-0.4, -0.2) is 105 Å². The molecule has 28 heavy (non-hydrogen) atoms. The third-order valence-corrected chi connectivity index (χ3v) is 4.60. The van der Waals surface area contributed by atoms with E-state index in [0.717, 1.165) is 0 Å². The molecule has 0 unspecified atom stereocenters. The number of carboxylic acids is 1. The SMILES string of the molecule is C=CC1=N[C@H]2[C@@H](O1)O[C@H](CO)[C@H](O)[C@@H]2O[C@@H]1O[C@H](C(=O)[O-])[C@@H](O)[C@H](O)[C@H]1O.[Na+]. The van der Waals surface area contributed by atoms with Gasteiger partial charge in [-0.1, -0.05) is 6.58 Å². The summed E-state index contributed by atoms with van der Waals surface area (Å²) in [6.07, 6.45) is -13.0. The fourth-order valence-corrected chi connectivity index (χ4v) is 3.15. The summed E-state index contributed by atoms with van der Waals surface area (Å²) < 4.78 is 21.2.